The van der Waals surface area contributed by atoms with Crippen LogP contribution >= 0.6 is 11.3 Å². The van der Waals surface area contributed by atoms with Crippen LogP contribution < -0.4 is 25.0 Å². The maximum Gasteiger partial charge on any atom is 0.261 e. The smallest absolute Gasteiger partial charge is 0.261 e. The summed E-state index contributed by atoms with van der Waals surface area (Å²) in [6.45, 7) is 4.62. The number of nitrogens with zero attached hydrogens (tertiary/aromatic N) is 1. The van der Waals surface area contributed by atoms with E-state index in [0.717, 1.165) is 24.0 Å². The maximum absolute atomic E-state index is 13.9. The van der Waals surface area contributed by atoms with Crippen LogP contribution in [0.15, 0.2) is 53.9 Å². The third-order valence-corrected chi connectivity index (χ3v) is 7.81. The molecule has 2 aromatic carbocycles. The van der Waals surface area contributed by atoms with E-state index < -0.39 is 11.9 Å². The highest BCUT2D eigenvalue weighted by atomic mass is 32.1. The SMILES string of the molecule is COc1ccc(C(C(=O)NCC2CCCO2)N(C(=O)CNC(=O)c2cccs2)c2ccc(C)c(C)c2)cc1OC. The lowest BCUT2D eigenvalue weighted by Gasteiger charge is -2.32. The quantitative estimate of drug-likeness (QED) is 0.361. The number of thiophene rings is 1. The molecule has 2 atom stereocenters. The van der Waals surface area contributed by atoms with Crippen LogP contribution in [0.2, 0.25) is 0 Å². The fourth-order valence-electron chi connectivity index (χ4n) is 4.61. The normalized spacial score (nSPS) is 15.2. The fourth-order valence-corrected chi connectivity index (χ4v) is 5.25. The second kappa shape index (κ2) is 13.5. The lowest BCUT2D eigenvalue weighted by molar-refractivity contribution is -0.126. The molecule has 10 heteroatoms. The van der Waals surface area contributed by atoms with Crippen molar-refractivity contribution in [1.82, 2.24) is 10.6 Å². The van der Waals surface area contributed by atoms with E-state index in [0.29, 0.717) is 40.8 Å². The molecule has 1 aliphatic heterocycles. The van der Waals surface area contributed by atoms with Crippen LogP contribution in [0.25, 0.3) is 0 Å². The molecule has 0 radical (unpaired) electrons. The fraction of sp³-hybridized carbons (Fsp3) is 0.367. The monoisotopic (exact) mass is 565 g/mol. The van der Waals surface area contributed by atoms with Crippen molar-refractivity contribution in [3.05, 3.63) is 75.5 Å². The Kier molecular flexibility index (Phi) is 9.79. The van der Waals surface area contributed by atoms with Gasteiger partial charge in [-0.2, -0.15) is 0 Å². The summed E-state index contributed by atoms with van der Waals surface area (Å²) in [7, 11) is 3.05. The first-order chi connectivity index (χ1) is 19.3. The Morgan fingerprint density at radius 3 is 2.48 bits per heavy atom. The molecule has 4 rings (SSSR count). The molecule has 0 spiro atoms. The summed E-state index contributed by atoms with van der Waals surface area (Å²) < 4.78 is 16.6. The van der Waals surface area contributed by atoms with Crippen LogP contribution in [0.5, 0.6) is 11.5 Å². The van der Waals surface area contributed by atoms with Crippen LogP contribution in [0.1, 0.15) is 45.2 Å². The number of hydrogen-bond donors (Lipinski definition) is 2. The Morgan fingerprint density at radius 1 is 1.02 bits per heavy atom. The van der Waals surface area contributed by atoms with Gasteiger partial charge in [0.15, 0.2) is 11.5 Å². The molecule has 0 aliphatic carbocycles. The van der Waals surface area contributed by atoms with E-state index in [9.17, 15) is 14.4 Å². The van der Waals surface area contributed by atoms with Gasteiger partial charge in [-0.1, -0.05) is 18.2 Å². The Bertz CT molecular complexity index is 1340. The third kappa shape index (κ3) is 6.81. The van der Waals surface area contributed by atoms with E-state index >= 15 is 0 Å². The number of carbonyl (C=O) groups is 3. The second-order valence-electron chi connectivity index (χ2n) is 9.59. The zero-order valence-electron chi connectivity index (χ0n) is 23.2. The van der Waals surface area contributed by atoms with Crippen LogP contribution in [0.3, 0.4) is 0 Å². The molecule has 1 fully saturated rings. The predicted octanol–water partition coefficient (Wildman–Crippen LogP) is 4.18. The Balaban J connectivity index is 1.73. The van der Waals surface area contributed by atoms with Crippen molar-refractivity contribution in [3.8, 4) is 11.5 Å². The first-order valence-corrected chi connectivity index (χ1v) is 14.0. The number of methoxy groups -OCH3 is 2. The van der Waals surface area contributed by atoms with Crippen LogP contribution in [0.4, 0.5) is 5.69 Å². The lowest BCUT2D eigenvalue weighted by atomic mass is 10.0. The van der Waals surface area contributed by atoms with Crippen LogP contribution in [-0.2, 0) is 14.3 Å². The molecule has 9 nitrogen and oxygen atoms in total. The predicted molar refractivity (Wildman–Crippen MR) is 154 cm³/mol. The van der Waals surface area contributed by atoms with E-state index in [4.69, 9.17) is 14.2 Å². The molecule has 0 bridgehead atoms. The number of benzene rings is 2. The number of carbonyl (C=O) groups excluding carboxylic acids is 3. The number of amides is 3. The van der Waals surface area contributed by atoms with E-state index in [-0.39, 0.29) is 24.5 Å². The molecule has 40 heavy (non-hydrogen) atoms. The molecule has 3 amide bonds. The van der Waals surface area contributed by atoms with Crippen molar-refractivity contribution < 1.29 is 28.6 Å². The van der Waals surface area contributed by atoms with Crippen LogP contribution in [0, 0.1) is 13.8 Å². The molecule has 3 aromatic rings. The van der Waals surface area contributed by atoms with Gasteiger partial charge in [0.2, 0.25) is 11.8 Å². The highest BCUT2D eigenvalue weighted by Gasteiger charge is 2.34. The van der Waals surface area contributed by atoms with Gasteiger partial charge in [-0.05, 0) is 79.1 Å². The van der Waals surface area contributed by atoms with Gasteiger partial charge in [0.05, 0.1) is 31.7 Å². The zero-order chi connectivity index (χ0) is 28.6. The topological polar surface area (TPSA) is 106 Å². The number of rotatable bonds is 11. The first kappa shape index (κ1) is 29.1. The highest BCUT2D eigenvalue weighted by Crippen LogP contribution is 2.35. The Hall–Kier alpha value is -3.89. The van der Waals surface area contributed by atoms with Crippen molar-refractivity contribution in [2.24, 2.45) is 0 Å². The summed E-state index contributed by atoms with van der Waals surface area (Å²) >= 11 is 1.29. The standard InChI is InChI=1S/C30H35N3O6S/c1-19-9-11-22(15-20(19)2)33(27(34)18-32-29(35)26-8-6-14-40-26)28(30(36)31-17-23-7-5-13-39-23)21-10-12-24(37-3)25(16-21)38-4/h6,8-12,14-16,23,28H,5,7,13,17-18H2,1-4H3,(H,31,36)(H,32,35). The van der Waals surface area contributed by atoms with Gasteiger partial charge < -0.3 is 24.8 Å². The molecular formula is C30H35N3O6S. The lowest BCUT2D eigenvalue weighted by Crippen LogP contribution is -2.48. The number of aryl methyl sites for hydroxylation is 2. The molecule has 212 valence electrons. The molecule has 1 aliphatic rings. The molecule has 2 heterocycles. The van der Waals surface area contributed by atoms with Gasteiger partial charge in [0.25, 0.3) is 5.91 Å². The van der Waals surface area contributed by atoms with E-state index in [2.05, 4.69) is 10.6 Å². The van der Waals surface area contributed by atoms with Gasteiger partial charge in [0.1, 0.15) is 6.04 Å². The van der Waals surface area contributed by atoms with Crippen molar-refractivity contribution in [2.75, 3.05) is 38.8 Å². The average molecular weight is 566 g/mol. The number of anilines is 1. The second-order valence-corrected chi connectivity index (χ2v) is 10.5. The first-order valence-electron chi connectivity index (χ1n) is 13.1. The minimum atomic E-state index is -1.06. The summed E-state index contributed by atoms with van der Waals surface area (Å²) in [6, 6.07) is 13.1. The van der Waals surface area contributed by atoms with Gasteiger partial charge in [0, 0.05) is 18.8 Å². The summed E-state index contributed by atoms with van der Waals surface area (Å²) in [5.41, 5.74) is 3.07. The Labute approximate surface area is 238 Å². The minimum Gasteiger partial charge on any atom is -0.493 e. The summed E-state index contributed by atoms with van der Waals surface area (Å²) in [4.78, 5) is 42.4. The molecule has 2 N–H and O–H groups in total. The van der Waals surface area contributed by atoms with Crippen molar-refractivity contribution in [3.63, 3.8) is 0 Å². The number of nitrogens with one attached hydrogen (secondary N) is 2. The zero-order valence-corrected chi connectivity index (χ0v) is 24.0. The summed E-state index contributed by atoms with van der Waals surface area (Å²) in [5.74, 6) is -0.250. The van der Waals surface area contributed by atoms with Gasteiger partial charge >= 0.3 is 0 Å². The van der Waals surface area contributed by atoms with E-state index in [1.165, 1.54) is 30.5 Å². The molecule has 1 saturated heterocycles. The molecule has 2 unspecified atom stereocenters. The Morgan fingerprint density at radius 2 is 1.82 bits per heavy atom. The molecular weight excluding hydrogens is 530 g/mol. The molecule has 1 aromatic heterocycles. The van der Waals surface area contributed by atoms with Gasteiger partial charge in [-0.3, -0.25) is 19.3 Å². The number of hydrogen-bond acceptors (Lipinski definition) is 7. The van der Waals surface area contributed by atoms with Gasteiger partial charge in [-0.25, -0.2) is 0 Å². The van der Waals surface area contributed by atoms with Crippen molar-refractivity contribution >= 4 is 34.7 Å². The largest absolute Gasteiger partial charge is 0.493 e. The average Bonchev–Trinajstić information content (AvgIpc) is 3.69. The molecule has 0 saturated carbocycles. The van der Waals surface area contributed by atoms with E-state index in [1.807, 2.05) is 32.0 Å². The van der Waals surface area contributed by atoms with E-state index in [1.54, 1.807) is 35.7 Å². The van der Waals surface area contributed by atoms with Crippen molar-refractivity contribution in [2.45, 2.75) is 38.8 Å². The highest BCUT2D eigenvalue weighted by molar-refractivity contribution is 7.12. The van der Waals surface area contributed by atoms with Crippen molar-refractivity contribution in [1.29, 1.82) is 0 Å². The maximum atomic E-state index is 13.9. The summed E-state index contributed by atoms with van der Waals surface area (Å²) in [6.07, 6.45) is 1.72. The summed E-state index contributed by atoms with van der Waals surface area (Å²) in [5, 5.41) is 7.50. The van der Waals surface area contributed by atoms with Crippen LogP contribution in [-0.4, -0.2) is 57.7 Å². The minimum absolute atomic E-state index is 0.0779. The number of ether oxygens (including phenoxy) is 3. The third-order valence-electron chi connectivity index (χ3n) is 6.94. The van der Waals surface area contributed by atoms with Gasteiger partial charge in [-0.15, -0.1) is 11.3 Å².